The number of allylic oxidation sites excluding steroid dienone is 1. The predicted octanol–water partition coefficient (Wildman–Crippen LogP) is 1.97. The summed E-state index contributed by atoms with van der Waals surface area (Å²) in [5.74, 6) is -0.995. The van der Waals surface area contributed by atoms with E-state index in [0.717, 1.165) is 0 Å². The summed E-state index contributed by atoms with van der Waals surface area (Å²) in [5, 5.41) is 0. The van der Waals surface area contributed by atoms with E-state index >= 15 is 0 Å². The normalized spacial score (nSPS) is 18.3. The molecule has 2 rings (SSSR count). The van der Waals surface area contributed by atoms with Crippen LogP contribution in [-0.4, -0.2) is 11.9 Å². The number of benzene rings is 1. The molecule has 0 aromatic heterocycles. The monoisotopic (exact) mass is 218 g/mol. The average molecular weight is 218 g/mol. The molecule has 0 amide bonds. The molecule has 1 atom stereocenters. The highest BCUT2D eigenvalue weighted by Crippen LogP contribution is 2.31. The third-order valence-electron chi connectivity index (χ3n) is 2.17. The standard InChI is InChI=1S/C12H10O4/c1-2-5-10(13)15-12-9-7-4-3-6-8(9)11(14)16-12/h2-7,12H,1H3/b5-2+. The summed E-state index contributed by atoms with van der Waals surface area (Å²) >= 11 is 0. The van der Waals surface area contributed by atoms with Crippen molar-refractivity contribution in [1.82, 2.24) is 0 Å². The van der Waals surface area contributed by atoms with E-state index in [1.807, 2.05) is 0 Å². The molecule has 1 aliphatic heterocycles. The lowest BCUT2D eigenvalue weighted by atomic mass is 10.1. The maximum Gasteiger partial charge on any atom is 0.342 e. The Kier molecular flexibility index (Phi) is 2.72. The van der Waals surface area contributed by atoms with Gasteiger partial charge in [-0.25, -0.2) is 9.59 Å². The predicted molar refractivity (Wildman–Crippen MR) is 55.5 cm³/mol. The van der Waals surface area contributed by atoms with Gasteiger partial charge in [0.25, 0.3) is 6.29 Å². The van der Waals surface area contributed by atoms with Gasteiger partial charge >= 0.3 is 11.9 Å². The van der Waals surface area contributed by atoms with Crippen molar-refractivity contribution >= 4 is 11.9 Å². The second-order valence-corrected chi connectivity index (χ2v) is 3.26. The van der Waals surface area contributed by atoms with Gasteiger partial charge in [-0.3, -0.25) is 0 Å². The van der Waals surface area contributed by atoms with E-state index in [-0.39, 0.29) is 0 Å². The highest BCUT2D eigenvalue weighted by atomic mass is 16.7. The molecule has 16 heavy (non-hydrogen) atoms. The van der Waals surface area contributed by atoms with Crippen molar-refractivity contribution in [2.45, 2.75) is 13.2 Å². The van der Waals surface area contributed by atoms with Crippen LogP contribution < -0.4 is 0 Å². The van der Waals surface area contributed by atoms with Crippen molar-refractivity contribution in [3.63, 3.8) is 0 Å². The fourth-order valence-electron chi connectivity index (χ4n) is 1.48. The molecule has 0 saturated carbocycles. The second kappa shape index (κ2) is 4.18. The number of hydrogen-bond donors (Lipinski definition) is 0. The van der Waals surface area contributed by atoms with Gasteiger partial charge in [0.05, 0.1) is 5.56 Å². The molecule has 0 spiro atoms. The first-order valence-corrected chi connectivity index (χ1v) is 4.85. The first kappa shape index (κ1) is 10.4. The van der Waals surface area contributed by atoms with Crippen molar-refractivity contribution in [2.24, 2.45) is 0 Å². The Balaban J connectivity index is 2.21. The van der Waals surface area contributed by atoms with Crippen LogP contribution in [0.15, 0.2) is 36.4 Å². The van der Waals surface area contributed by atoms with Gasteiger partial charge in [-0.15, -0.1) is 0 Å². The maximum atomic E-state index is 11.4. The summed E-state index contributed by atoms with van der Waals surface area (Å²) in [6.07, 6.45) is 1.91. The number of carbonyl (C=O) groups is 2. The van der Waals surface area contributed by atoms with Crippen LogP contribution in [0.3, 0.4) is 0 Å². The summed E-state index contributed by atoms with van der Waals surface area (Å²) in [6.45, 7) is 1.70. The summed E-state index contributed by atoms with van der Waals surface area (Å²) in [5.41, 5.74) is 1.03. The van der Waals surface area contributed by atoms with Gasteiger partial charge in [-0.1, -0.05) is 24.3 Å². The third kappa shape index (κ3) is 1.82. The highest BCUT2D eigenvalue weighted by Gasteiger charge is 2.32. The zero-order chi connectivity index (χ0) is 11.5. The molecule has 1 heterocycles. The fraction of sp³-hybridized carbons (Fsp3) is 0.167. The van der Waals surface area contributed by atoms with Crippen LogP contribution in [0.4, 0.5) is 0 Å². The summed E-state index contributed by atoms with van der Waals surface area (Å²) in [7, 11) is 0. The van der Waals surface area contributed by atoms with Crippen molar-refractivity contribution in [3.05, 3.63) is 47.5 Å². The quantitative estimate of drug-likeness (QED) is 0.562. The molecule has 0 N–H and O–H groups in total. The topological polar surface area (TPSA) is 52.6 Å². The van der Waals surface area contributed by atoms with Crippen molar-refractivity contribution in [1.29, 1.82) is 0 Å². The minimum atomic E-state index is -0.924. The largest absolute Gasteiger partial charge is 0.417 e. The van der Waals surface area contributed by atoms with Gasteiger partial charge < -0.3 is 9.47 Å². The van der Waals surface area contributed by atoms with Gasteiger partial charge in [0, 0.05) is 11.6 Å². The number of hydrogen-bond acceptors (Lipinski definition) is 4. The molecule has 0 bridgehead atoms. The zero-order valence-corrected chi connectivity index (χ0v) is 8.67. The molecule has 1 aromatic carbocycles. The molecular formula is C12H10O4. The Morgan fingerprint density at radius 2 is 2.19 bits per heavy atom. The van der Waals surface area contributed by atoms with Gasteiger partial charge in [-0.05, 0) is 13.0 Å². The van der Waals surface area contributed by atoms with E-state index in [9.17, 15) is 9.59 Å². The smallest absolute Gasteiger partial charge is 0.342 e. The van der Waals surface area contributed by atoms with E-state index in [1.165, 1.54) is 6.08 Å². The first-order chi connectivity index (χ1) is 7.72. The SMILES string of the molecule is C/C=C/C(=O)OC1OC(=O)c2ccccc21. The van der Waals surface area contributed by atoms with E-state index in [1.54, 1.807) is 37.3 Å². The Morgan fingerprint density at radius 1 is 1.44 bits per heavy atom. The number of esters is 2. The summed E-state index contributed by atoms with van der Waals surface area (Å²) < 4.78 is 9.91. The molecule has 82 valence electrons. The van der Waals surface area contributed by atoms with E-state index in [2.05, 4.69) is 0 Å². The number of cyclic esters (lactones) is 1. The minimum Gasteiger partial charge on any atom is -0.417 e. The van der Waals surface area contributed by atoms with Gasteiger partial charge in [0.1, 0.15) is 0 Å². The van der Waals surface area contributed by atoms with E-state index in [4.69, 9.17) is 9.47 Å². The molecule has 0 radical (unpaired) electrons. The molecule has 1 aliphatic rings. The third-order valence-corrected chi connectivity index (χ3v) is 2.17. The summed E-state index contributed by atoms with van der Waals surface area (Å²) in [6, 6.07) is 6.84. The fourth-order valence-corrected chi connectivity index (χ4v) is 1.48. The summed E-state index contributed by atoms with van der Waals surface area (Å²) in [4.78, 5) is 22.6. The molecular weight excluding hydrogens is 208 g/mol. The number of fused-ring (bicyclic) bond motifs is 1. The average Bonchev–Trinajstić information content (AvgIpc) is 2.57. The van der Waals surface area contributed by atoms with Crippen molar-refractivity contribution in [2.75, 3.05) is 0 Å². The molecule has 0 aliphatic carbocycles. The Labute approximate surface area is 92.5 Å². The van der Waals surface area contributed by atoms with E-state index < -0.39 is 18.2 Å². The molecule has 0 saturated heterocycles. The molecule has 4 nitrogen and oxygen atoms in total. The van der Waals surface area contributed by atoms with Crippen molar-refractivity contribution in [3.8, 4) is 0 Å². The number of carbonyl (C=O) groups excluding carboxylic acids is 2. The lowest BCUT2D eigenvalue weighted by Gasteiger charge is -2.09. The maximum absolute atomic E-state index is 11.4. The van der Waals surface area contributed by atoms with Gasteiger partial charge in [0.15, 0.2) is 0 Å². The second-order valence-electron chi connectivity index (χ2n) is 3.26. The van der Waals surface area contributed by atoms with E-state index in [0.29, 0.717) is 11.1 Å². The molecule has 1 aromatic rings. The number of ether oxygens (including phenoxy) is 2. The molecule has 4 heteroatoms. The van der Waals surface area contributed by atoms with Gasteiger partial charge in [0.2, 0.25) is 0 Å². The van der Waals surface area contributed by atoms with Crippen LogP contribution in [0.1, 0.15) is 29.1 Å². The Morgan fingerprint density at radius 3 is 2.94 bits per heavy atom. The highest BCUT2D eigenvalue weighted by molar-refractivity contribution is 5.94. The van der Waals surface area contributed by atoms with Crippen LogP contribution >= 0.6 is 0 Å². The Hall–Kier alpha value is -2.10. The first-order valence-electron chi connectivity index (χ1n) is 4.85. The molecule has 1 unspecified atom stereocenters. The van der Waals surface area contributed by atoms with Crippen molar-refractivity contribution < 1.29 is 19.1 Å². The lowest BCUT2D eigenvalue weighted by Crippen LogP contribution is -2.08. The Bertz CT molecular complexity index is 462. The van der Waals surface area contributed by atoms with Crippen LogP contribution in [0.2, 0.25) is 0 Å². The van der Waals surface area contributed by atoms with Crippen LogP contribution in [-0.2, 0) is 14.3 Å². The zero-order valence-electron chi connectivity index (χ0n) is 8.67. The van der Waals surface area contributed by atoms with Crippen LogP contribution in [0.5, 0.6) is 0 Å². The van der Waals surface area contributed by atoms with Crippen LogP contribution in [0, 0.1) is 0 Å². The van der Waals surface area contributed by atoms with Gasteiger partial charge in [-0.2, -0.15) is 0 Å². The number of rotatable bonds is 2. The van der Waals surface area contributed by atoms with Crippen LogP contribution in [0.25, 0.3) is 0 Å². The minimum absolute atomic E-state index is 0.445. The molecule has 0 fully saturated rings. The lowest BCUT2D eigenvalue weighted by molar-refractivity contribution is -0.161.